The lowest BCUT2D eigenvalue weighted by Crippen LogP contribution is -2.48. The number of carbonyl (C=O) groups excluding carboxylic acids is 1. The van der Waals surface area contributed by atoms with Gasteiger partial charge in [-0.15, -0.1) is 0 Å². The molecule has 0 N–H and O–H groups in total. The van der Waals surface area contributed by atoms with E-state index in [1.54, 1.807) is 4.90 Å². The summed E-state index contributed by atoms with van der Waals surface area (Å²) in [4.78, 5) is 20.5. The number of carbonyl (C=O) groups is 1. The maximum atomic E-state index is 12.7. The molecule has 0 radical (unpaired) electrons. The smallest absolute Gasteiger partial charge is 0.368 e. The van der Waals surface area contributed by atoms with Crippen molar-refractivity contribution in [3.8, 4) is 11.4 Å². The van der Waals surface area contributed by atoms with Crippen LogP contribution in [-0.2, 0) is 6.18 Å². The van der Waals surface area contributed by atoms with Gasteiger partial charge in [-0.25, -0.2) is 0 Å². The molecule has 0 unspecified atom stereocenters. The number of piperazine rings is 1. The molecule has 6 nitrogen and oxygen atoms in total. The van der Waals surface area contributed by atoms with Crippen molar-refractivity contribution < 1.29 is 22.5 Å². The Balaban J connectivity index is 1.41. The third-order valence-corrected chi connectivity index (χ3v) is 4.77. The highest BCUT2D eigenvalue weighted by molar-refractivity contribution is 5.90. The summed E-state index contributed by atoms with van der Waals surface area (Å²) in [5.41, 5.74) is 0.675. The highest BCUT2D eigenvalue weighted by Crippen LogP contribution is 2.30. The van der Waals surface area contributed by atoms with Gasteiger partial charge in [-0.2, -0.15) is 18.2 Å². The van der Waals surface area contributed by atoms with Gasteiger partial charge < -0.3 is 14.3 Å². The minimum Gasteiger partial charge on any atom is -0.368 e. The van der Waals surface area contributed by atoms with Crippen LogP contribution < -0.4 is 4.90 Å². The number of amides is 1. The Morgan fingerprint density at radius 1 is 0.931 bits per heavy atom. The highest BCUT2D eigenvalue weighted by Gasteiger charge is 2.30. The predicted molar refractivity (Wildman–Crippen MR) is 99.3 cm³/mol. The van der Waals surface area contributed by atoms with Crippen LogP contribution in [0.15, 0.2) is 59.1 Å². The number of aromatic nitrogens is 2. The molecule has 1 aliphatic rings. The molecule has 0 spiro atoms. The number of rotatable bonds is 3. The van der Waals surface area contributed by atoms with Crippen LogP contribution in [-0.4, -0.2) is 47.1 Å². The van der Waals surface area contributed by atoms with Crippen LogP contribution in [0.25, 0.3) is 11.4 Å². The van der Waals surface area contributed by atoms with Crippen molar-refractivity contribution in [3.63, 3.8) is 0 Å². The topological polar surface area (TPSA) is 62.5 Å². The molecule has 0 bridgehead atoms. The first-order valence-electron chi connectivity index (χ1n) is 9.02. The van der Waals surface area contributed by atoms with Gasteiger partial charge in [-0.05, 0) is 24.3 Å². The maximum Gasteiger partial charge on any atom is 0.416 e. The standard InChI is InChI=1S/C20H17F3N4O2/c21-20(22,23)15-8-6-14(7-9-15)17-24-18(29-25-17)19(28)27-12-10-26(11-13-27)16-4-2-1-3-5-16/h1-9H,10-13H2. The molecular formula is C20H17F3N4O2. The second kappa shape index (κ2) is 7.57. The van der Waals surface area contributed by atoms with Crippen LogP contribution >= 0.6 is 0 Å². The lowest BCUT2D eigenvalue weighted by atomic mass is 10.1. The SMILES string of the molecule is O=C(c1nc(-c2ccc(C(F)(F)F)cc2)no1)N1CCN(c2ccccc2)CC1. The van der Waals surface area contributed by atoms with E-state index in [9.17, 15) is 18.0 Å². The van der Waals surface area contributed by atoms with E-state index in [0.717, 1.165) is 17.8 Å². The van der Waals surface area contributed by atoms with Crippen LogP contribution in [0.1, 0.15) is 16.2 Å². The fourth-order valence-electron chi connectivity index (χ4n) is 3.18. The minimum atomic E-state index is -4.42. The third kappa shape index (κ3) is 4.08. The lowest BCUT2D eigenvalue weighted by Gasteiger charge is -2.35. The molecule has 3 aromatic rings. The Hall–Kier alpha value is -3.36. The molecule has 0 aliphatic carbocycles. The number of alkyl halides is 3. The molecule has 2 aromatic carbocycles. The minimum absolute atomic E-state index is 0.0741. The van der Waals surface area contributed by atoms with Gasteiger partial charge in [-0.1, -0.05) is 35.5 Å². The summed E-state index contributed by atoms with van der Waals surface area (Å²) in [6, 6.07) is 14.3. The molecule has 29 heavy (non-hydrogen) atoms. The number of benzene rings is 2. The Labute approximate surface area is 164 Å². The first-order chi connectivity index (χ1) is 13.9. The van der Waals surface area contributed by atoms with E-state index < -0.39 is 11.7 Å². The molecule has 1 aromatic heterocycles. The summed E-state index contributed by atoms with van der Waals surface area (Å²) >= 11 is 0. The monoisotopic (exact) mass is 402 g/mol. The summed E-state index contributed by atoms with van der Waals surface area (Å²) in [6.45, 7) is 2.36. The van der Waals surface area contributed by atoms with E-state index in [0.29, 0.717) is 31.7 Å². The van der Waals surface area contributed by atoms with Crippen molar-refractivity contribution in [2.45, 2.75) is 6.18 Å². The number of para-hydroxylation sites is 1. The van der Waals surface area contributed by atoms with Crippen LogP contribution in [0.3, 0.4) is 0 Å². The number of hydrogen-bond donors (Lipinski definition) is 0. The second-order valence-corrected chi connectivity index (χ2v) is 6.61. The average molecular weight is 402 g/mol. The quantitative estimate of drug-likeness (QED) is 0.668. The van der Waals surface area contributed by atoms with Crippen molar-refractivity contribution >= 4 is 11.6 Å². The van der Waals surface area contributed by atoms with Crippen molar-refractivity contribution in [1.29, 1.82) is 0 Å². The van der Waals surface area contributed by atoms with Gasteiger partial charge in [0.25, 0.3) is 0 Å². The van der Waals surface area contributed by atoms with Gasteiger partial charge in [0.15, 0.2) is 0 Å². The van der Waals surface area contributed by atoms with Crippen molar-refractivity contribution in [2.24, 2.45) is 0 Å². The molecule has 1 amide bonds. The van der Waals surface area contributed by atoms with E-state index in [4.69, 9.17) is 4.52 Å². The fourth-order valence-corrected chi connectivity index (χ4v) is 3.18. The van der Waals surface area contributed by atoms with Gasteiger partial charge in [0, 0.05) is 37.4 Å². The molecular weight excluding hydrogens is 385 g/mol. The molecule has 150 valence electrons. The fraction of sp³-hybridized carbons (Fsp3) is 0.250. The second-order valence-electron chi connectivity index (χ2n) is 6.61. The van der Waals surface area contributed by atoms with Gasteiger partial charge in [0.05, 0.1) is 5.56 Å². The summed E-state index contributed by atoms with van der Waals surface area (Å²) in [7, 11) is 0. The van der Waals surface area contributed by atoms with E-state index in [1.165, 1.54) is 12.1 Å². The molecule has 1 aliphatic heterocycles. The van der Waals surface area contributed by atoms with Crippen molar-refractivity contribution in [1.82, 2.24) is 15.0 Å². The molecule has 0 atom stereocenters. The van der Waals surface area contributed by atoms with E-state index >= 15 is 0 Å². The highest BCUT2D eigenvalue weighted by atomic mass is 19.4. The van der Waals surface area contributed by atoms with E-state index in [1.807, 2.05) is 30.3 Å². The summed E-state index contributed by atoms with van der Waals surface area (Å²) in [5, 5.41) is 3.73. The lowest BCUT2D eigenvalue weighted by molar-refractivity contribution is -0.137. The predicted octanol–water partition coefficient (Wildman–Crippen LogP) is 3.72. The number of nitrogens with zero attached hydrogens (tertiary/aromatic N) is 4. The van der Waals surface area contributed by atoms with Crippen LogP contribution in [0.5, 0.6) is 0 Å². The molecule has 1 saturated heterocycles. The van der Waals surface area contributed by atoms with Crippen LogP contribution in [0, 0.1) is 0 Å². The van der Waals surface area contributed by atoms with Crippen molar-refractivity contribution in [2.75, 3.05) is 31.1 Å². The van der Waals surface area contributed by atoms with Crippen molar-refractivity contribution in [3.05, 3.63) is 66.1 Å². The first kappa shape index (κ1) is 19.0. The molecule has 2 heterocycles. The Morgan fingerprint density at radius 3 is 2.21 bits per heavy atom. The summed E-state index contributed by atoms with van der Waals surface area (Å²) in [5.74, 6) is -0.485. The average Bonchev–Trinajstić information content (AvgIpc) is 3.24. The van der Waals surface area contributed by atoms with Crippen LogP contribution in [0.4, 0.5) is 18.9 Å². The Kier molecular flexibility index (Phi) is 4.96. The largest absolute Gasteiger partial charge is 0.416 e. The number of anilines is 1. The maximum absolute atomic E-state index is 12.7. The van der Waals surface area contributed by atoms with Gasteiger partial charge in [0.1, 0.15) is 0 Å². The number of hydrogen-bond acceptors (Lipinski definition) is 5. The number of halogens is 3. The molecule has 4 rings (SSSR count). The zero-order valence-electron chi connectivity index (χ0n) is 15.3. The Morgan fingerprint density at radius 2 is 1.59 bits per heavy atom. The van der Waals surface area contributed by atoms with Gasteiger partial charge in [-0.3, -0.25) is 4.79 Å². The molecule has 1 fully saturated rings. The van der Waals surface area contributed by atoms with E-state index in [-0.39, 0.29) is 17.6 Å². The third-order valence-electron chi connectivity index (χ3n) is 4.77. The zero-order valence-corrected chi connectivity index (χ0v) is 15.3. The van der Waals surface area contributed by atoms with E-state index in [2.05, 4.69) is 15.0 Å². The summed E-state index contributed by atoms with van der Waals surface area (Å²) in [6.07, 6.45) is -4.42. The normalized spacial score (nSPS) is 14.9. The zero-order chi connectivity index (χ0) is 20.4. The first-order valence-corrected chi connectivity index (χ1v) is 9.02. The van der Waals surface area contributed by atoms with Crippen LogP contribution in [0.2, 0.25) is 0 Å². The summed E-state index contributed by atoms with van der Waals surface area (Å²) < 4.78 is 43.1. The Bertz CT molecular complexity index is 979. The van der Waals surface area contributed by atoms with Gasteiger partial charge in [0.2, 0.25) is 5.82 Å². The van der Waals surface area contributed by atoms with Gasteiger partial charge >= 0.3 is 18.0 Å². The molecule has 0 saturated carbocycles. The molecule has 9 heteroatoms.